The summed E-state index contributed by atoms with van der Waals surface area (Å²) in [6.45, 7) is -0.224. The molecule has 1 heterocycles. The van der Waals surface area contributed by atoms with Crippen LogP contribution in [0.2, 0.25) is 10.0 Å². The van der Waals surface area contributed by atoms with Crippen molar-refractivity contribution in [3.05, 3.63) is 70.7 Å². The fourth-order valence-electron chi connectivity index (χ4n) is 2.53. The number of methoxy groups -OCH3 is 1. The van der Waals surface area contributed by atoms with Gasteiger partial charge in [-0.3, -0.25) is 0 Å². The zero-order valence-electron chi connectivity index (χ0n) is 14.2. The van der Waals surface area contributed by atoms with E-state index < -0.39 is 11.6 Å². The van der Waals surface area contributed by atoms with Gasteiger partial charge in [0.15, 0.2) is 0 Å². The molecule has 0 aliphatic rings. The standard InChI is InChI=1S/C18H15Cl2N3O4/c1-26-17(24)18(25,9-23-11-21-10-22-23)15-7-4-13(20)8-16(15)27-14-5-2-12(19)3-6-14/h2-8,10-11,25H,9H2,1H3. The first-order chi connectivity index (χ1) is 12.9. The molecule has 1 unspecified atom stereocenters. The van der Waals surface area contributed by atoms with Gasteiger partial charge in [0.2, 0.25) is 5.60 Å². The average Bonchev–Trinajstić information content (AvgIpc) is 3.15. The van der Waals surface area contributed by atoms with E-state index in [9.17, 15) is 9.90 Å². The molecule has 1 atom stereocenters. The summed E-state index contributed by atoms with van der Waals surface area (Å²) in [6.07, 6.45) is 2.67. The highest BCUT2D eigenvalue weighted by Crippen LogP contribution is 2.37. The highest BCUT2D eigenvalue weighted by molar-refractivity contribution is 6.31. The molecule has 9 heteroatoms. The molecule has 140 valence electrons. The third-order valence-electron chi connectivity index (χ3n) is 3.81. The summed E-state index contributed by atoms with van der Waals surface area (Å²) in [4.78, 5) is 16.3. The number of aliphatic hydroxyl groups is 1. The van der Waals surface area contributed by atoms with Crippen LogP contribution >= 0.6 is 23.2 Å². The summed E-state index contributed by atoms with van der Waals surface area (Å²) < 4.78 is 12.0. The summed E-state index contributed by atoms with van der Waals surface area (Å²) in [6, 6.07) is 11.2. The first kappa shape index (κ1) is 19.2. The van der Waals surface area contributed by atoms with Crippen LogP contribution < -0.4 is 4.74 Å². The Kier molecular flexibility index (Phi) is 5.65. The monoisotopic (exact) mass is 407 g/mol. The first-order valence-electron chi connectivity index (χ1n) is 7.79. The van der Waals surface area contributed by atoms with Crippen molar-refractivity contribution in [1.82, 2.24) is 14.8 Å². The Labute approximate surface area is 165 Å². The largest absolute Gasteiger partial charge is 0.467 e. The number of hydrogen-bond acceptors (Lipinski definition) is 6. The maximum Gasteiger partial charge on any atom is 0.344 e. The molecule has 0 aliphatic carbocycles. The van der Waals surface area contributed by atoms with E-state index in [2.05, 4.69) is 10.1 Å². The number of carbonyl (C=O) groups excluding carboxylic acids is 1. The van der Waals surface area contributed by atoms with E-state index in [1.807, 2.05) is 0 Å². The Bertz CT molecular complexity index is 932. The molecule has 1 N–H and O–H groups in total. The molecular formula is C18H15Cl2N3O4. The second-order valence-electron chi connectivity index (χ2n) is 5.64. The van der Waals surface area contributed by atoms with E-state index >= 15 is 0 Å². The summed E-state index contributed by atoms with van der Waals surface area (Å²) in [5, 5.41) is 16.1. The lowest BCUT2D eigenvalue weighted by molar-refractivity contribution is -0.165. The van der Waals surface area contributed by atoms with Crippen molar-refractivity contribution in [1.29, 1.82) is 0 Å². The highest BCUT2D eigenvalue weighted by atomic mass is 35.5. The van der Waals surface area contributed by atoms with Crippen molar-refractivity contribution in [2.45, 2.75) is 12.1 Å². The van der Waals surface area contributed by atoms with Gasteiger partial charge in [-0.1, -0.05) is 29.3 Å². The highest BCUT2D eigenvalue weighted by Gasteiger charge is 2.43. The molecule has 1 aromatic heterocycles. The molecule has 7 nitrogen and oxygen atoms in total. The van der Waals surface area contributed by atoms with Crippen molar-refractivity contribution >= 4 is 29.2 Å². The molecule has 0 fully saturated rings. The Morgan fingerprint density at radius 2 is 1.89 bits per heavy atom. The predicted octanol–water partition coefficient (Wildman–Crippen LogP) is 3.44. The third-order valence-corrected chi connectivity index (χ3v) is 4.30. The fraction of sp³-hybridized carbons (Fsp3) is 0.167. The van der Waals surface area contributed by atoms with Crippen molar-refractivity contribution in [2.75, 3.05) is 7.11 Å². The number of rotatable bonds is 6. The molecule has 0 saturated carbocycles. The van der Waals surface area contributed by atoms with E-state index in [1.165, 1.54) is 36.6 Å². The number of aromatic nitrogens is 3. The molecule has 27 heavy (non-hydrogen) atoms. The Morgan fingerprint density at radius 1 is 1.19 bits per heavy atom. The molecule has 0 spiro atoms. The molecule has 0 amide bonds. The fourth-order valence-corrected chi connectivity index (χ4v) is 2.82. The minimum atomic E-state index is -2.07. The maximum atomic E-state index is 12.5. The number of halogens is 2. The molecule has 0 radical (unpaired) electrons. The van der Waals surface area contributed by atoms with Crippen LogP contribution in [-0.2, 0) is 21.7 Å². The number of esters is 1. The number of carbonyl (C=O) groups is 1. The van der Waals surface area contributed by atoms with Crippen molar-refractivity contribution in [3.8, 4) is 11.5 Å². The van der Waals surface area contributed by atoms with Gasteiger partial charge in [-0.15, -0.1) is 0 Å². The second-order valence-corrected chi connectivity index (χ2v) is 6.51. The van der Waals surface area contributed by atoms with E-state index in [4.69, 9.17) is 32.7 Å². The van der Waals surface area contributed by atoms with E-state index in [1.54, 1.807) is 30.3 Å². The number of benzene rings is 2. The zero-order valence-corrected chi connectivity index (χ0v) is 15.7. The van der Waals surface area contributed by atoms with Gasteiger partial charge in [-0.2, -0.15) is 5.10 Å². The van der Waals surface area contributed by atoms with Crippen molar-refractivity contribution in [3.63, 3.8) is 0 Å². The average molecular weight is 408 g/mol. The lowest BCUT2D eigenvalue weighted by Crippen LogP contribution is -2.41. The third kappa shape index (κ3) is 4.21. The van der Waals surface area contributed by atoms with Crippen LogP contribution in [0.4, 0.5) is 0 Å². The lowest BCUT2D eigenvalue weighted by Gasteiger charge is -2.27. The maximum absolute atomic E-state index is 12.5. The van der Waals surface area contributed by atoms with Gasteiger partial charge in [0.1, 0.15) is 24.2 Å². The zero-order chi connectivity index (χ0) is 19.4. The SMILES string of the molecule is COC(=O)C(O)(Cn1cncn1)c1ccc(Cl)cc1Oc1ccc(Cl)cc1. The lowest BCUT2D eigenvalue weighted by atomic mass is 9.92. The van der Waals surface area contributed by atoms with Crippen molar-refractivity contribution in [2.24, 2.45) is 0 Å². The molecule has 0 aliphatic heterocycles. The first-order valence-corrected chi connectivity index (χ1v) is 8.54. The minimum absolute atomic E-state index is 0.171. The van der Waals surface area contributed by atoms with Crippen LogP contribution in [0.5, 0.6) is 11.5 Å². The van der Waals surface area contributed by atoms with Crippen LogP contribution in [0, 0.1) is 0 Å². The van der Waals surface area contributed by atoms with E-state index in [-0.39, 0.29) is 17.9 Å². The summed E-state index contributed by atoms with van der Waals surface area (Å²) in [7, 11) is 1.18. The summed E-state index contributed by atoms with van der Waals surface area (Å²) in [5.74, 6) is -0.227. The summed E-state index contributed by atoms with van der Waals surface area (Å²) >= 11 is 12.0. The molecule has 2 aromatic carbocycles. The number of nitrogens with zero attached hydrogens (tertiary/aromatic N) is 3. The minimum Gasteiger partial charge on any atom is -0.467 e. The topological polar surface area (TPSA) is 86.5 Å². The quantitative estimate of drug-likeness (QED) is 0.629. The van der Waals surface area contributed by atoms with Crippen LogP contribution in [0.25, 0.3) is 0 Å². The Hall–Kier alpha value is -2.61. The van der Waals surface area contributed by atoms with Gasteiger partial charge in [-0.05, 0) is 36.4 Å². The van der Waals surface area contributed by atoms with Crippen molar-refractivity contribution < 1.29 is 19.4 Å². The van der Waals surface area contributed by atoms with E-state index in [0.29, 0.717) is 15.8 Å². The van der Waals surface area contributed by atoms with Gasteiger partial charge in [0.25, 0.3) is 0 Å². The molecule has 3 rings (SSSR count). The molecular weight excluding hydrogens is 393 g/mol. The van der Waals surface area contributed by atoms with Gasteiger partial charge in [-0.25, -0.2) is 14.5 Å². The van der Waals surface area contributed by atoms with E-state index in [0.717, 1.165) is 0 Å². The van der Waals surface area contributed by atoms with Gasteiger partial charge < -0.3 is 14.6 Å². The van der Waals surface area contributed by atoms with Crippen LogP contribution in [0.3, 0.4) is 0 Å². The smallest absolute Gasteiger partial charge is 0.344 e. The van der Waals surface area contributed by atoms with Gasteiger partial charge >= 0.3 is 5.97 Å². The Balaban J connectivity index is 2.06. The van der Waals surface area contributed by atoms with Crippen LogP contribution in [-0.4, -0.2) is 33.0 Å². The molecule has 0 bridgehead atoms. The number of ether oxygens (including phenoxy) is 2. The molecule has 0 saturated heterocycles. The Morgan fingerprint density at radius 3 is 2.52 bits per heavy atom. The molecule has 3 aromatic rings. The second kappa shape index (κ2) is 7.96. The summed E-state index contributed by atoms with van der Waals surface area (Å²) in [5.41, 5.74) is -1.90. The van der Waals surface area contributed by atoms with Gasteiger partial charge in [0, 0.05) is 15.6 Å². The van der Waals surface area contributed by atoms with Crippen LogP contribution in [0.15, 0.2) is 55.1 Å². The number of hydrogen-bond donors (Lipinski definition) is 1. The van der Waals surface area contributed by atoms with Gasteiger partial charge in [0.05, 0.1) is 13.7 Å². The normalized spacial score (nSPS) is 13.0. The predicted molar refractivity (Wildman–Crippen MR) is 98.9 cm³/mol. The van der Waals surface area contributed by atoms with Crippen LogP contribution in [0.1, 0.15) is 5.56 Å².